The van der Waals surface area contributed by atoms with Crippen molar-refractivity contribution in [1.29, 1.82) is 5.26 Å². The van der Waals surface area contributed by atoms with Gasteiger partial charge in [0.2, 0.25) is 0 Å². The van der Waals surface area contributed by atoms with Gasteiger partial charge in [-0.05, 0) is 78.4 Å². The van der Waals surface area contributed by atoms with Gasteiger partial charge in [0.25, 0.3) is 0 Å². The number of rotatable bonds is 17. The molecule has 0 fully saturated rings. The standard InChI is InChI=1S/C34H39NO7/c1-4-27(23-25(2)3)33(36)41-22-20-39-18-17-38-19-21-40-31-13-11-30(12-14-31)34(37)42-32-15-9-29(10-16-32)28-7-5-26(24-35)6-8-28/h5-16,25,27H,4,17-23H2,1-3H3. The van der Waals surface area contributed by atoms with E-state index in [1.165, 1.54) is 0 Å². The Kier molecular flexibility index (Phi) is 13.5. The Bertz CT molecular complexity index is 1280. The van der Waals surface area contributed by atoms with Gasteiger partial charge in [0.05, 0.1) is 49.5 Å². The molecule has 222 valence electrons. The second kappa shape index (κ2) is 17.6. The van der Waals surface area contributed by atoms with Crippen LogP contribution in [0.3, 0.4) is 0 Å². The largest absolute Gasteiger partial charge is 0.491 e. The third kappa shape index (κ3) is 11.0. The van der Waals surface area contributed by atoms with Crippen LogP contribution in [0.25, 0.3) is 11.1 Å². The fourth-order valence-corrected chi connectivity index (χ4v) is 4.16. The topological polar surface area (TPSA) is 104 Å². The number of nitriles is 1. The SMILES string of the molecule is CCC(CC(C)C)C(=O)OCCOCCOCCOc1ccc(C(=O)Oc2ccc(-c3ccc(C#N)cc3)cc2)cc1. The molecule has 0 aliphatic carbocycles. The van der Waals surface area contributed by atoms with Crippen molar-refractivity contribution >= 4 is 11.9 Å². The van der Waals surface area contributed by atoms with Gasteiger partial charge >= 0.3 is 11.9 Å². The summed E-state index contributed by atoms with van der Waals surface area (Å²) in [6, 6.07) is 23.3. The van der Waals surface area contributed by atoms with Crippen molar-refractivity contribution in [1.82, 2.24) is 0 Å². The monoisotopic (exact) mass is 573 g/mol. The fraction of sp³-hybridized carbons (Fsp3) is 0.382. The summed E-state index contributed by atoms with van der Waals surface area (Å²) < 4.78 is 27.4. The first-order valence-electron chi connectivity index (χ1n) is 14.3. The predicted octanol–water partition coefficient (Wildman–Crippen LogP) is 6.47. The molecule has 0 aromatic heterocycles. The van der Waals surface area contributed by atoms with Gasteiger partial charge in [0, 0.05) is 0 Å². The highest BCUT2D eigenvalue weighted by molar-refractivity contribution is 5.91. The van der Waals surface area contributed by atoms with E-state index in [4.69, 9.17) is 28.9 Å². The Labute approximate surface area is 248 Å². The van der Waals surface area contributed by atoms with Crippen LogP contribution in [0.4, 0.5) is 0 Å². The third-order valence-corrected chi connectivity index (χ3v) is 6.42. The summed E-state index contributed by atoms with van der Waals surface area (Å²) >= 11 is 0. The molecule has 1 atom stereocenters. The van der Waals surface area contributed by atoms with E-state index in [-0.39, 0.29) is 18.5 Å². The lowest BCUT2D eigenvalue weighted by Crippen LogP contribution is -2.21. The molecule has 3 aromatic carbocycles. The molecule has 42 heavy (non-hydrogen) atoms. The van der Waals surface area contributed by atoms with Crippen LogP contribution in [0, 0.1) is 23.2 Å². The Balaban J connectivity index is 1.27. The molecule has 0 radical (unpaired) electrons. The maximum Gasteiger partial charge on any atom is 0.343 e. The van der Waals surface area contributed by atoms with E-state index in [1.54, 1.807) is 48.5 Å². The quantitative estimate of drug-likeness (QED) is 0.103. The molecule has 0 saturated heterocycles. The van der Waals surface area contributed by atoms with E-state index in [2.05, 4.69) is 19.9 Å². The number of ether oxygens (including phenoxy) is 5. The lowest BCUT2D eigenvalue weighted by Gasteiger charge is -2.16. The fourth-order valence-electron chi connectivity index (χ4n) is 4.16. The van der Waals surface area contributed by atoms with Crippen molar-refractivity contribution < 1.29 is 33.3 Å². The Morgan fingerprint density at radius 2 is 1.29 bits per heavy atom. The first-order chi connectivity index (χ1) is 20.4. The number of hydrogen-bond donors (Lipinski definition) is 0. The van der Waals surface area contributed by atoms with Gasteiger partial charge in [-0.25, -0.2) is 4.79 Å². The zero-order valence-corrected chi connectivity index (χ0v) is 24.5. The van der Waals surface area contributed by atoms with Crippen LogP contribution < -0.4 is 9.47 Å². The Hall–Kier alpha value is -4.19. The summed E-state index contributed by atoms with van der Waals surface area (Å²) in [7, 11) is 0. The molecule has 0 aliphatic rings. The van der Waals surface area contributed by atoms with Crippen molar-refractivity contribution in [2.45, 2.75) is 33.6 Å². The highest BCUT2D eigenvalue weighted by Gasteiger charge is 2.19. The van der Waals surface area contributed by atoms with Crippen molar-refractivity contribution in [3.05, 3.63) is 83.9 Å². The molecule has 0 bridgehead atoms. The number of benzene rings is 3. The van der Waals surface area contributed by atoms with Crippen LogP contribution in [-0.4, -0.2) is 51.6 Å². The minimum absolute atomic E-state index is 0.0517. The van der Waals surface area contributed by atoms with Crippen LogP contribution >= 0.6 is 0 Å². The van der Waals surface area contributed by atoms with Crippen LogP contribution in [-0.2, 0) is 19.0 Å². The Morgan fingerprint density at radius 3 is 1.86 bits per heavy atom. The summed E-state index contributed by atoms with van der Waals surface area (Å²) in [5, 5.41) is 8.94. The van der Waals surface area contributed by atoms with E-state index >= 15 is 0 Å². The van der Waals surface area contributed by atoms with Crippen molar-refractivity contribution in [3.63, 3.8) is 0 Å². The van der Waals surface area contributed by atoms with E-state index in [1.807, 2.05) is 31.2 Å². The molecule has 0 N–H and O–H groups in total. The first-order valence-corrected chi connectivity index (χ1v) is 14.3. The van der Waals surface area contributed by atoms with Crippen LogP contribution in [0.5, 0.6) is 11.5 Å². The maximum absolute atomic E-state index is 12.5. The van der Waals surface area contributed by atoms with E-state index in [9.17, 15) is 9.59 Å². The smallest absolute Gasteiger partial charge is 0.343 e. The summed E-state index contributed by atoms with van der Waals surface area (Å²) in [5.74, 6) is 0.839. The van der Waals surface area contributed by atoms with Crippen LogP contribution in [0.15, 0.2) is 72.8 Å². The van der Waals surface area contributed by atoms with Crippen molar-refractivity contribution in [2.75, 3.05) is 39.6 Å². The summed E-state index contributed by atoms with van der Waals surface area (Å²) in [6.45, 7) is 8.31. The molecule has 3 rings (SSSR count). The number of carbonyl (C=O) groups excluding carboxylic acids is 2. The second-order valence-corrected chi connectivity index (χ2v) is 10.1. The van der Waals surface area contributed by atoms with E-state index < -0.39 is 5.97 Å². The molecule has 0 spiro atoms. The van der Waals surface area contributed by atoms with Gasteiger partial charge in [0.1, 0.15) is 24.7 Å². The second-order valence-electron chi connectivity index (χ2n) is 10.1. The lowest BCUT2D eigenvalue weighted by atomic mass is 9.95. The zero-order chi connectivity index (χ0) is 30.2. The highest BCUT2D eigenvalue weighted by Crippen LogP contribution is 2.24. The average Bonchev–Trinajstić information content (AvgIpc) is 3.01. The van der Waals surface area contributed by atoms with Gasteiger partial charge < -0.3 is 23.7 Å². The number of carbonyl (C=O) groups is 2. The number of hydrogen-bond acceptors (Lipinski definition) is 8. The van der Waals surface area contributed by atoms with Crippen molar-refractivity contribution in [3.8, 4) is 28.7 Å². The molecule has 0 saturated carbocycles. The molecule has 3 aromatic rings. The molecular formula is C34H39NO7. The van der Waals surface area contributed by atoms with Gasteiger partial charge in [0.15, 0.2) is 0 Å². The number of nitrogens with zero attached hydrogens (tertiary/aromatic N) is 1. The van der Waals surface area contributed by atoms with Gasteiger partial charge in [-0.1, -0.05) is 45.0 Å². The summed E-state index contributed by atoms with van der Waals surface area (Å²) in [4.78, 5) is 24.6. The molecular weight excluding hydrogens is 534 g/mol. The molecule has 0 heterocycles. The highest BCUT2D eigenvalue weighted by atomic mass is 16.6. The third-order valence-electron chi connectivity index (χ3n) is 6.42. The Morgan fingerprint density at radius 1 is 0.738 bits per heavy atom. The van der Waals surface area contributed by atoms with Crippen molar-refractivity contribution in [2.24, 2.45) is 11.8 Å². The summed E-state index contributed by atoms with van der Waals surface area (Å²) in [6.07, 6.45) is 1.62. The molecule has 8 nitrogen and oxygen atoms in total. The van der Waals surface area contributed by atoms with E-state index in [0.29, 0.717) is 61.6 Å². The van der Waals surface area contributed by atoms with Crippen LogP contribution in [0.2, 0.25) is 0 Å². The van der Waals surface area contributed by atoms with Gasteiger partial charge in [-0.15, -0.1) is 0 Å². The molecule has 0 aliphatic heterocycles. The number of esters is 2. The molecule has 1 unspecified atom stereocenters. The minimum atomic E-state index is -0.466. The van der Waals surface area contributed by atoms with Gasteiger partial charge in [-0.2, -0.15) is 5.26 Å². The molecule has 8 heteroatoms. The minimum Gasteiger partial charge on any atom is -0.491 e. The zero-order valence-electron chi connectivity index (χ0n) is 24.5. The first kappa shape index (κ1) is 32.3. The van der Waals surface area contributed by atoms with Gasteiger partial charge in [-0.3, -0.25) is 4.79 Å². The normalized spacial score (nSPS) is 11.5. The lowest BCUT2D eigenvalue weighted by molar-refractivity contribution is -0.151. The predicted molar refractivity (Wildman–Crippen MR) is 159 cm³/mol. The van der Waals surface area contributed by atoms with Crippen LogP contribution in [0.1, 0.15) is 49.5 Å². The maximum atomic E-state index is 12.5. The average molecular weight is 574 g/mol. The summed E-state index contributed by atoms with van der Waals surface area (Å²) in [5.41, 5.74) is 2.93. The van der Waals surface area contributed by atoms with E-state index in [0.717, 1.165) is 24.0 Å². The molecule has 0 amide bonds.